The van der Waals surface area contributed by atoms with Crippen LogP contribution in [0, 0.1) is 0 Å². The first-order valence-corrected chi connectivity index (χ1v) is 8.72. The van der Waals surface area contributed by atoms with Gasteiger partial charge in [0.15, 0.2) is 0 Å². The minimum Gasteiger partial charge on any atom is -0.324 e. The average Bonchev–Trinajstić information content (AvgIpc) is 3.09. The molecule has 0 aliphatic rings. The second kappa shape index (κ2) is 6.18. The van der Waals surface area contributed by atoms with E-state index in [2.05, 4.69) is 50.6 Å². The van der Waals surface area contributed by atoms with Crippen molar-refractivity contribution in [3.8, 4) is 9.88 Å². The van der Waals surface area contributed by atoms with Crippen molar-refractivity contribution in [1.29, 1.82) is 0 Å². The van der Waals surface area contributed by atoms with Crippen molar-refractivity contribution in [2.24, 2.45) is 5.73 Å². The van der Waals surface area contributed by atoms with Crippen LogP contribution in [0.1, 0.15) is 17.3 Å². The lowest BCUT2D eigenvalue weighted by molar-refractivity contribution is 0.710. The monoisotopic (exact) mass is 364 g/mol. The summed E-state index contributed by atoms with van der Waals surface area (Å²) in [6.07, 6.45) is 0.771. The minimum absolute atomic E-state index is 0.00113. The average molecular weight is 365 g/mol. The molecule has 0 amide bonds. The van der Waals surface area contributed by atoms with Crippen molar-refractivity contribution in [2.45, 2.75) is 12.5 Å². The smallest absolute Gasteiger partial charge is 0.133 e. The molecule has 0 spiro atoms. The summed E-state index contributed by atoms with van der Waals surface area (Å²) >= 11 is 6.86. The normalized spacial score (nSPS) is 12.5. The highest BCUT2D eigenvalue weighted by Gasteiger charge is 2.11. The molecule has 0 saturated carbocycles. The van der Waals surface area contributed by atoms with Crippen molar-refractivity contribution >= 4 is 38.6 Å². The Bertz CT molecular complexity index is 691. The molecule has 0 bridgehead atoms. The third kappa shape index (κ3) is 3.17. The SMILES string of the molecule is NC(Cc1csc(-c2ccc(Br)s2)n1)c1ccccc1. The van der Waals surface area contributed by atoms with E-state index in [0.717, 1.165) is 26.5 Å². The zero-order valence-electron chi connectivity index (χ0n) is 10.6. The Morgan fingerprint density at radius 1 is 1.15 bits per heavy atom. The van der Waals surface area contributed by atoms with E-state index in [-0.39, 0.29) is 6.04 Å². The fourth-order valence-electron chi connectivity index (χ4n) is 1.99. The molecule has 3 rings (SSSR count). The van der Waals surface area contributed by atoms with Crippen molar-refractivity contribution in [1.82, 2.24) is 4.98 Å². The van der Waals surface area contributed by atoms with Gasteiger partial charge in [-0.3, -0.25) is 0 Å². The van der Waals surface area contributed by atoms with E-state index in [1.807, 2.05) is 18.2 Å². The molecule has 0 aliphatic heterocycles. The van der Waals surface area contributed by atoms with Gasteiger partial charge < -0.3 is 5.73 Å². The van der Waals surface area contributed by atoms with E-state index >= 15 is 0 Å². The Balaban J connectivity index is 1.74. The third-order valence-corrected chi connectivity index (χ3v) is 5.68. The summed E-state index contributed by atoms with van der Waals surface area (Å²) in [7, 11) is 0. The molecule has 20 heavy (non-hydrogen) atoms. The molecule has 1 atom stereocenters. The number of thiophene rings is 1. The van der Waals surface area contributed by atoms with Crippen molar-refractivity contribution in [2.75, 3.05) is 0 Å². The van der Waals surface area contributed by atoms with E-state index in [1.54, 1.807) is 22.7 Å². The third-order valence-electron chi connectivity index (χ3n) is 2.99. The topological polar surface area (TPSA) is 38.9 Å². The van der Waals surface area contributed by atoms with Gasteiger partial charge in [-0.05, 0) is 33.6 Å². The lowest BCUT2D eigenvalue weighted by Crippen LogP contribution is -2.13. The summed E-state index contributed by atoms with van der Waals surface area (Å²) in [5, 5.41) is 3.17. The number of rotatable bonds is 4. The Morgan fingerprint density at radius 2 is 1.95 bits per heavy atom. The molecular formula is C15H13BrN2S2. The quantitative estimate of drug-likeness (QED) is 0.716. The van der Waals surface area contributed by atoms with Gasteiger partial charge in [0.2, 0.25) is 0 Å². The first-order chi connectivity index (χ1) is 9.72. The summed E-state index contributed by atoms with van der Waals surface area (Å²) in [5.41, 5.74) is 8.45. The largest absolute Gasteiger partial charge is 0.324 e. The van der Waals surface area contributed by atoms with Gasteiger partial charge in [-0.2, -0.15) is 0 Å². The summed E-state index contributed by atoms with van der Waals surface area (Å²) in [6, 6.07) is 14.3. The summed E-state index contributed by atoms with van der Waals surface area (Å²) in [6.45, 7) is 0. The maximum Gasteiger partial charge on any atom is 0.133 e. The molecule has 0 radical (unpaired) electrons. The molecule has 5 heteroatoms. The Morgan fingerprint density at radius 3 is 2.65 bits per heavy atom. The number of aromatic nitrogens is 1. The molecule has 0 aliphatic carbocycles. The van der Waals surface area contributed by atoms with Crippen LogP contribution in [0.4, 0.5) is 0 Å². The van der Waals surface area contributed by atoms with Gasteiger partial charge in [0.05, 0.1) is 14.4 Å². The van der Waals surface area contributed by atoms with Crippen LogP contribution in [-0.2, 0) is 6.42 Å². The number of nitrogens with zero attached hydrogens (tertiary/aromatic N) is 1. The van der Waals surface area contributed by atoms with Crippen LogP contribution in [0.3, 0.4) is 0 Å². The Labute approximate surface area is 134 Å². The van der Waals surface area contributed by atoms with Crippen LogP contribution < -0.4 is 5.73 Å². The van der Waals surface area contributed by atoms with Gasteiger partial charge >= 0.3 is 0 Å². The molecule has 2 aromatic heterocycles. The lowest BCUT2D eigenvalue weighted by Gasteiger charge is -2.09. The fraction of sp³-hybridized carbons (Fsp3) is 0.133. The summed E-state index contributed by atoms with van der Waals surface area (Å²) in [4.78, 5) is 5.88. The number of thiazole rings is 1. The predicted molar refractivity (Wildman–Crippen MR) is 90.2 cm³/mol. The van der Waals surface area contributed by atoms with E-state index in [1.165, 1.54) is 4.88 Å². The van der Waals surface area contributed by atoms with E-state index in [9.17, 15) is 0 Å². The van der Waals surface area contributed by atoms with E-state index in [0.29, 0.717) is 0 Å². The van der Waals surface area contributed by atoms with Gasteiger partial charge in [0, 0.05) is 17.8 Å². The number of hydrogen-bond acceptors (Lipinski definition) is 4. The van der Waals surface area contributed by atoms with Crippen LogP contribution in [0.15, 0.2) is 51.6 Å². The fourth-order valence-corrected chi connectivity index (χ4v) is 4.28. The molecule has 1 unspecified atom stereocenters. The predicted octanol–water partition coefficient (Wildman–Crippen LogP) is 4.88. The number of benzene rings is 1. The molecule has 2 N–H and O–H groups in total. The second-order valence-electron chi connectivity index (χ2n) is 4.47. The van der Waals surface area contributed by atoms with Gasteiger partial charge in [-0.25, -0.2) is 4.98 Å². The van der Waals surface area contributed by atoms with Crippen LogP contribution in [0.2, 0.25) is 0 Å². The number of nitrogens with two attached hydrogens (primary N) is 1. The summed E-state index contributed by atoms with van der Waals surface area (Å²) in [5.74, 6) is 0. The second-order valence-corrected chi connectivity index (χ2v) is 7.79. The van der Waals surface area contributed by atoms with Gasteiger partial charge in [0.1, 0.15) is 5.01 Å². The van der Waals surface area contributed by atoms with E-state index in [4.69, 9.17) is 5.73 Å². The number of hydrogen-bond donors (Lipinski definition) is 1. The zero-order chi connectivity index (χ0) is 13.9. The van der Waals surface area contributed by atoms with Gasteiger partial charge in [-0.1, -0.05) is 30.3 Å². The lowest BCUT2D eigenvalue weighted by atomic mass is 10.0. The maximum absolute atomic E-state index is 6.24. The summed E-state index contributed by atoms with van der Waals surface area (Å²) < 4.78 is 1.13. The standard InChI is InChI=1S/C15H13BrN2S2/c16-14-7-6-13(20-14)15-18-11(9-19-15)8-12(17)10-4-2-1-3-5-10/h1-7,9,12H,8,17H2. The molecule has 0 fully saturated rings. The molecule has 1 aromatic carbocycles. The molecule has 3 aromatic rings. The molecule has 0 saturated heterocycles. The van der Waals surface area contributed by atoms with Gasteiger partial charge in [0.25, 0.3) is 0 Å². The highest BCUT2D eigenvalue weighted by molar-refractivity contribution is 9.11. The first kappa shape index (κ1) is 13.9. The molecule has 2 nitrogen and oxygen atoms in total. The van der Waals surface area contributed by atoms with E-state index < -0.39 is 0 Å². The molecule has 2 heterocycles. The van der Waals surface area contributed by atoms with Crippen LogP contribution in [0.5, 0.6) is 0 Å². The van der Waals surface area contributed by atoms with Crippen molar-refractivity contribution in [3.05, 3.63) is 62.9 Å². The first-order valence-electron chi connectivity index (χ1n) is 6.23. The van der Waals surface area contributed by atoms with Crippen molar-refractivity contribution < 1.29 is 0 Å². The van der Waals surface area contributed by atoms with Crippen LogP contribution in [0.25, 0.3) is 9.88 Å². The van der Waals surface area contributed by atoms with Crippen molar-refractivity contribution in [3.63, 3.8) is 0 Å². The molecular weight excluding hydrogens is 352 g/mol. The zero-order valence-corrected chi connectivity index (χ0v) is 13.8. The van der Waals surface area contributed by atoms with Gasteiger partial charge in [-0.15, -0.1) is 22.7 Å². The Kier molecular flexibility index (Phi) is 4.31. The minimum atomic E-state index is 0.00113. The Hall–Kier alpha value is -1.01. The maximum atomic E-state index is 6.24. The van der Waals surface area contributed by atoms with Crippen LogP contribution in [-0.4, -0.2) is 4.98 Å². The number of halogens is 1. The van der Waals surface area contributed by atoms with Crippen LogP contribution >= 0.6 is 38.6 Å². The highest BCUT2D eigenvalue weighted by Crippen LogP contribution is 2.33. The highest BCUT2D eigenvalue weighted by atomic mass is 79.9. The molecule has 102 valence electrons.